The lowest BCUT2D eigenvalue weighted by molar-refractivity contribution is 0.0701. The normalized spacial score (nSPS) is 16.0. The smallest absolute Gasteiger partial charge is 0.291 e. The Labute approximate surface area is 164 Å². The van der Waals surface area contributed by atoms with Crippen molar-refractivity contribution in [2.45, 2.75) is 12.6 Å². The maximum Gasteiger partial charge on any atom is 0.291 e. The maximum absolute atomic E-state index is 13.3. The molecule has 4 heterocycles. The number of nitrogens with zero attached hydrogens (tertiary/aromatic N) is 2. The molecule has 28 heavy (non-hydrogen) atoms. The second-order valence-electron chi connectivity index (χ2n) is 6.52. The summed E-state index contributed by atoms with van der Waals surface area (Å²) < 4.78 is 11.3. The minimum Gasteiger partial charge on any atom is -0.467 e. The molecule has 6 nitrogen and oxygen atoms in total. The Morgan fingerprint density at radius 2 is 2.04 bits per heavy atom. The van der Waals surface area contributed by atoms with Crippen molar-refractivity contribution in [2.24, 2.45) is 0 Å². The second kappa shape index (κ2) is 6.35. The van der Waals surface area contributed by atoms with Crippen LogP contribution in [0.1, 0.15) is 33.5 Å². The number of hydrogen-bond donors (Lipinski definition) is 0. The van der Waals surface area contributed by atoms with Gasteiger partial charge in [0.15, 0.2) is 5.43 Å². The van der Waals surface area contributed by atoms with E-state index in [0.29, 0.717) is 27.3 Å². The summed E-state index contributed by atoms with van der Waals surface area (Å²) in [4.78, 5) is 32.2. The highest BCUT2D eigenvalue weighted by atomic mass is 35.5. The number of pyridine rings is 1. The van der Waals surface area contributed by atoms with E-state index in [-0.39, 0.29) is 23.6 Å². The fraction of sp³-hybridized carbons (Fsp3) is 0.0952. The van der Waals surface area contributed by atoms with Gasteiger partial charge in [-0.2, -0.15) is 0 Å². The van der Waals surface area contributed by atoms with Gasteiger partial charge in [-0.3, -0.25) is 14.6 Å². The van der Waals surface area contributed by atoms with E-state index in [1.807, 2.05) is 6.07 Å². The number of carbonyl (C=O) groups is 1. The first-order valence-corrected chi connectivity index (χ1v) is 9.01. The van der Waals surface area contributed by atoms with Crippen molar-refractivity contribution in [3.63, 3.8) is 0 Å². The summed E-state index contributed by atoms with van der Waals surface area (Å²) in [5, 5.41) is 0.766. The molecule has 3 aromatic heterocycles. The number of hydrogen-bond acceptors (Lipinski definition) is 5. The zero-order valence-electron chi connectivity index (χ0n) is 14.5. The molecule has 0 N–H and O–H groups in total. The Kier molecular flexibility index (Phi) is 3.80. The first-order chi connectivity index (χ1) is 13.6. The molecule has 138 valence electrons. The predicted octanol–water partition coefficient (Wildman–Crippen LogP) is 4.18. The third-order valence-corrected chi connectivity index (χ3v) is 5.07. The molecule has 0 spiro atoms. The Balaban J connectivity index is 1.76. The summed E-state index contributed by atoms with van der Waals surface area (Å²) in [6.45, 7) is 0.201. The summed E-state index contributed by atoms with van der Waals surface area (Å²) in [5.41, 5.74) is 1.06. The fourth-order valence-corrected chi connectivity index (χ4v) is 3.78. The molecule has 0 aliphatic carbocycles. The molecule has 7 heteroatoms. The summed E-state index contributed by atoms with van der Waals surface area (Å²) in [5.74, 6) is 0.282. The SMILES string of the molecule is O=C1c2oc3ccc(Cl)cc3c(=O)c2[C@@H](c2cccnc2)N1Cc1ccco1. The molecule has 5 rings (SSSR count). The van der Waals surface area contributed by atoms with Gasteiger partial charge >= 0.3 is 0 Å². The molecule has 4 aromatic rings. The van der Waals surface area contributed by atoms with E-state index in [2.05, 4.69) is 4.98 Å². The van der Waals surface area contributed by atoms with Crippen LogP contribution in [-0.4, -0.2) is 15.8 Å². The lowest BCUT2D eigenvalue weighted by atomic mass is 10.00. The summed E-state index contributed by atoms with van der Waals surface area (Å²) >= 11 is 6.07. The van der Waals surface area contributed by atoms with Gasteiger partial charge in [-0.1, -0.05) is 17.7 Å². The van der Waals surface area contributed by atoms with E-state index in [0.717, 1.165) is 5.56 Å². The van der Waals surface area contributed by atoms with Gasteiger partial charge in [0, 0.05) is 17.4 Å². The van der Waals surface area contributed by atoms with E-state index in [1.54, 1.807) is 60.0 Å². The number of fused-ring (bicyclic) bond motifs is 2. The van der Waals surface area contributed by atoms with E-state index in [9.17, 15) is 9.59 Å². The highest BCUT2D eigenvalue weighted by Crippen LogP contribution is 2.39. The first kappa shape index (κ1) is 16.8. The van der Waals surface area contributed by atoms with Crippen molar-refractivity contribution in [1.29, 1.82) is 0 Å². The standard InChI is InChI=1S/C21H13ClN2O4/c22-13-5-6-16-15(9-13)19(25)17-18(12-3-1-7-23-10-12)24(21(26)20(17)28-16)11-14-4-2-8-27-14/h1-10,18H,11H2/t18-/m1/s1. The average molecular weight is 393 g/mol. The molecule has 1 atom stereocenters. The number of aromatic nitrogens is 1. The van der Waals surface area contributed by atoms with Crippen LogP contribution in [0, 0.1) is 0 Å². The second-order valence-corrected chi connectivity index (χ2v) is 6.95. The Hall–Kier alpha value is -3.38. The molecular weight excluding hydrogens is 380 g/mol. The van der Waals surface area contributed by atoms with Crippen LogP contribution in [0.15, 0.2) is 74.8 Å². The van der Waals surface area contributed by atoms with Crippen molar-refractivity contribution < 1.29 is 13.6 Å². The minimum absolute atomic E-state index is 0.0419. The fourth-order valence-electron chi connectivity index (χ4n) is 3.61. The third-order valence-electron chi connectivity index (χ3n) is 4.83. The van der Waals surface area contributed by atoms with E-state index >= 15 is 0 Å². The molecule has 0 saturated heterocycles. The van der Waals surface area contributed by atoms with Crippen LogP contribution in [0.3, 0.4) is 0 Å². The lowest BCUT2D eigenvalue weighted by Gasteiger charge is -2.23. The molecule has 0 bridgehead atoms. The van der Waals surface area contributed by atoms with Gasteiger partial charge in [0.1, 0.15) is 11.3 Å². The van der Waals surface area contributed by atoms with Crippen LogP contribution >= 0.6 is 11.6 Å². The Morgan fingerprint density at radius 3 is 2.79 bits per heavy atom. The number of halogens is 1. The number of amides is 1. The molecule has 1 aliphatic heterocycles. The summed E-state index contributed by atoms with van der Waals surface area (Å²) in [6, 6.07) is 11.3. The predicted molar refractivity (Wildman–Crippen MR) is 102 cm³/mol. The van der Waals surface area contributed by atoms with Crippen LogP contribution in [0.25, 0.3) is 11.0 Å². The first-order valence-electron chi connectivity index (χ1n) is 8.63. The number of furan rings is 1. The molecule has 1 amide bonds. The molecule has 1 aromatic carbocycles. The maximum atomic E-state index is 13.3. The van der Waals surface area contributed by atoms with Crippen LogP contribution < -0.4 is 5.43 Å². The highest BCUT2D eigenvalue weighted by Gasteiger charge is 2.43. The molecule has 1 aliphatic rings. The minimum atomic E-state index is -0.624. The van der Waals surface area contributed by atoms with Crippen LogP contribution in [0.4, 0.5) is 0 Å². The topological polar surface area (TPSA) is 76.6 Å². The van der Waals surface area contributed by atoms with Gasteiger partial charge in [0.05, 0.1) is 29.8 Å². The van der Waals surface area contributed by atoms with Crippen molar-refractivity contribution in [1.82, 2.24) is 9.88 Å². The van der Waals surface area contributed by atoms with Gasteiger partial charge in [0.25, 0.3) is 5.91 Å². The van der Waals surface area contributed by atoms with E-state index in [1.165, 1.54) is 0 Å². The molecule has 0 radical (unpaired) electrons. The monoisotopic (exact) mass is 392 g/mol. The van der Waals surface area contributed by atoms with Crippen LogP contribution in [0.5, 0.6) is 0 Å². The zero-order chi connectivity index (χ0) is 19.3. The highest BCUT2D eigenvalue weighted by molar-refractivity contribution is 6.31. The van der Waals surface area contributed by atoms with E-state index in [4.69, 9.17) is 20.4 Å². The largest absolute Gasteiger partial charge is 0.467 e. The van der Waals surface area contributed by atoms with Gasteiger partial charge in [-0.05, 0) is 42.0 Å². The molecule has 0 unspecified atom stereocenters. The van der Waals surface area contributed by atoms with Crippen LogP contribution in [-0.2, 0) is 6.54 Å². The quantitative estimate of drug-likeness (QED) is 0.522. The Morgan fingerprint density at radius 1 is 1.14 bits per heavy atom. The van der Waals surface area contributed by atoms with Crippen molar-refractivity contribution in [3.05, 3.63) is 99.0 Å². The van der Waals surface area contributed by atoms with E-state index < -0.39 is 6.04 Å². The van der Waals surface area contributed by atoms with Gasteiger partial charge in [-0.25, -0.2) is 0 Å². The zero-order valence-corrected chi connectivity index (χ0v) is 15.2. The van der Waals surface area contributed by atoms with Gasteiger partial charge in [0.2, 0.25) is 5.76 Å². The van der Waals surface area contributed by atoms with Crippen LogP contribution in [0.2, 0.25) is 5.02 Å². The number of carbonyl (C=O) groups excluding carboxylic acids is 1. The van der Waals surface area contributed by atoms with Crippen molar-refractivity contribution in [3.8, 4) is 0 Å². The summed E-state index contributed by atoms with van der Waals surface area (Å²) in [7, 11) is 0. The molecule has 0 saturated carbocycles. The molecule has 0 fully saturated rings. The van der Waals surface area contributed by atoms with Crippen molar-refractivity contribution in [2.75, 3.05) is 0 Å². The summed E-state index contributed by atoms with van der Waals surface area (Å²) in [6.07, 6.45) is 4.83. The number of rotatable bonds is 3. The Bertz CT molecular complexity index is 1250. The third kappa shape index (κ3) is 2.53. The van der Waals surface area contributed by atoms with Gasteiger partial charge < -0.3 is 13.7 Å². The molecular formula is C21H13ClN2O4. The average Bonchev–Trinajstić information content (AvgIpc) is 3.31. The lowest BCUT2D eigenvalue weighted by Crippen LogP contribution is -2.29. The number of benzene rings is 1. The van der Waals surface area contributed by atoms with Crippen molar-refractivity contribution >= 4 is 28.5 Å². The van der Waals surface area contributed by atoms with Gasteiger partial charge in [-0.15, -0.1) is 0 Å².